The molecule has 1 aromatic carbocycles. The van der Waals surface area contributed by atoms with Gasteiger partial charge in [0.2, 0.25) is 10.0 Å². The van der Waals surface area contributed by atoms with E-state index in [-0.39, 0.29) is 11.4 Å². The molecule has 108 valence electrons. The van der Waals surface area contributed by atoms with Crippen molar-refractivity contribution >= 4 is 15.7 Å². The summed E-state index contributed by atoms with van der Waals surface area (Å²) in [5, 5.41) is 0. The molecule has 20 heavy (non-hydrogen) atoms. The van der Waals surface area contributed by atoms with Crippen LogP contribution in [-0.4, -0.2) is 29.3 Å². The number of nitrogens with zero attached hydrogens (tertiary/aromatic N) is 3. The minimum Gasteiger partial charge on any atom is -0.399 e. The fourth-order valence-electron chi connectivity index (χ4n) is 1.94. The SMILES string of the molecule is Cc1cc(N)cc(S(=O)(=O)N(C)Cc2nccn2C)c1. The van der Waals surface area contributed by atoms with Crippen LogP contribution in [0.25, 0.3) is 0 Å². The molecule has 0 aliphatic rings. The molecule has 0 radical (unpaired) electrons. The first-order valence-electron chi connectivity index (χ1n) is 6.10. The van der Waals surface area contributed by atoms with Crippen molar-refractivity contribution < 1.29 is 8.42 Å². The van der Waals surface area contributed by atoms with E-state index in [1.807, 2.05) is 14.0 Å². The van der Waals surface area contributed by atoms with E-state index in [1.54, 1.807) is 29.1 Å². The molecule has 6 nitrogen and oxygen atoms in total. The first-order chi connectivity index (χ1) is 9.30. The Morgan fingerprint density at radius 1 is 1.35 bits per heavy atom. The first kappa shape index (κ1) is 14.5. The summed E-state index contributed by atoms with van der Waals surface area (Å²) in [5.41, 5.74) is 6.97. The Labute approximate surface area is 118 Å². The maximum absolute atomic E-state index is 12.5. The predicted octanol–water partition coefficient (Wildman–Crippen LogP) is 1.13. The van der Waals surface area contributed by atoms with E-state index < -0.39 is 10.0 Å². The molecule has 2 rings (SSSR count). The molecule has 0 unspecified atom stereocenters. The van der Waals surface area contributed by atoms with Gasteiger partial charge in [0.15, 0.2) is 0 Å². The van der Waals surface area contributed by atoms with Crippen LogP contribution in [0, 0.1) is 6.92 Å². The van der Waals surface area contributed by atoms with E-state index in [2.05, 4.69) is 4.98 Å². The minimum atomic E-state index is -3.58. The van der Waals surface area contributed by atoms with Gasteiger partial charge in [0.25, 0.3) is 0 Å². The lowest BCUT2D eigenvalue weighted by atomic mass is 10.2. The summed E-state index contributed by atoms with van der Waals surface area (Å²) < 4.78 is 28.1. The number of nitrogen functional groups attached to an aromatic ring is 1. The second kappa shape index (κ2) is 5.26. The predicted molar refractivity (Wildman–Crippen MR) is 77.5 cm³/mol. The summed E-state index contributed by atoms with van der Waals surface area (Å²) in [5.74, 6) is 0.678. The van der Waals surface area contributed by atoms with Gasteiger partial charge in [0, 0.05) is 32.2 Å². The molecule has 0 atom stereocenters. The molecule has 0 aliphatic carbocycles. The van der Waals surface area contributed by atoms with Crippen molar-refractivity contribution in [2.24, 2.45) is 7.05 Å². The van der Waals surface area contributed by atoms with Crippen LogP contribution in [0.3, 0.4) is 0 Å². The molecule has 0 bridgehead atoms. The lowest BCUT2D eigenvalue weighted by Crippen LogP contribution is -2.27. The van der Waals surface area contributed by atoms with E-state index in [4.69, 9.17) is 5.73 Å². The second-order valence-corrected chi connectivity index (χ2v) is 6.84. The monoisotopic (exact) mass is 294 g/mol. The van der Waals surface area contributed by atoms with Gasteiger partial charge in [-0.25, -0.2) is 13.4 Å². The van der Waals surface area contributed by atoms with Gasteiger partial charge in [0.1, 0.15) is 5.82 Å². The number of hydrogen-bond donors (Lipinski definition) is 1. The summed E-state index contributed by atoms with van der Waals surface area (Å²) in [7, 11) is -0.220. The van der Waals surface area contributed by atoms with Crippen LogP contribution < -0.4 is 5.73 Å². The standard InChI is InChI=1S/C13H18N4O2S/c1-10-6-11(14)8-12(7-10)20(18,19)17(3)9-13-15-4-5-16(13)2/h4-8H,9,14H2,1-3H3. The third-order valence-corrected chi connectivity index (χ3v) is 4.85. The van der Waals surface area contributed by atoms with Gasteiger partial charge < -0.3 is 10.3 Å². The van der Waals surface area contributed by atoms with Crippen LogP contribution in [0.15, 0.2) is 35.5 Å². The van der Waals surface area contributed by atoms with Gasteiger partial charge >= 0.3 is 0 Å². The summed E-state index contributed by atoms with van der Waals surface area (Å²) in [6, 6.07) is 4.82. The quantitative estimate of drug-likeness (QED) is 0.857. The maximum Gasteiger partial charge on any atom is 0.243 e. The topological polar surface area (TPSA) is 81.2 Å². The Bertz CT molecular complexity index is 701. The van der Waals surface area contributed by atoms with Crippen molar-refractivity contribution in [1.29, 1.82) is 0 Å². The minimum absolute atomic E-state index is 0.201. The lowest BCUT2D eigenvalue weighted by molar-refractivity contribution is 0.451. The Hall–Kier alpha value is -1.86. The Kier molecular flexibility index (Phi) is 3.82. The zero-order chi connectivity index (χ0) is 14.9. The molecule has 0 spiro atoms. The van der Waals surface area contributed by atoms with Crippen LogP contribution in [-0.2, 0) is 23.6 Å². The number of anilines is 1. The molecule has 1 aromatic heterocycles. The summed E-state index contributed by atoms with van der Waals surface area (Å²) >= 11 is 0. The number of sulfonamides is 1. The van der Waals surface area contributed by atoms with Gasteiger partial charge in [-0.15, -0.1) is 0 Å². The van der Waals surface area contributed by atoms with Crippen LogP contribution in [0.5, 0.6) is 0 Å². The molecule has 1 heterocycles. The molecule has 0 amide bonds. The number of imidazole rings is 1. The molecule has 0 saturated heterocycles. The molecule has 7 heteroatoms. The largest absolute Gasteiger partial charge is 0.399 e. The Morgan fingerprint density at radius 3 is 2.60 bits per heavy atom. The molecule has 2 N–H and O–H groups in total. The van der Waals surface area contributed by atoms with Crippen molar-refractivity contribution in [3.05, 3.63) is 42.0 Å². The molecule has 0 aliphatic heterocycles. The summed E-state index contributed by atoms with van der Waals surface area (Å²) in [6.07, 6.45) is 3.42. The highest BCUT2D eigenvalue weighted by molar-refractivity contribution is 7.89. The molecule has 0 fully saturated rings. The van der Waals surface area contributed by atoms with Crippen molar-refractivity contribution in [2.75, 3.05) is 12.8 Å². The third kappa shape index (κ3) is 2.83. The first-order valence-corrected chi connectivity index (χ1v) is 7.54. The van der Waals surface area contributed by atoms with E-state index in [0.29, 0.717) is 11.5 Å². The van der Waals surface area contributed by atoms with Crippen molar-refractivity contribution in [3.8, 4) is 0 Å². The fourth-order valence-corrected chi connectivity index (χ4v) is 3.20. The Balaban J connectivity index is 2.32. The average molecular weight is 294 g/mol. The fraction of sp³-hybridized carbons (Fsp3) is 0.308. The van der Waals surface area contributed by atoms with Crippen molar-refractivity contribution in [1.82, 2.24) is 13.9 Å². The molecular formula is C13H18N4O2S. The lowest BCUT2D eigenvalue weighted by Gasteiger charge is -2.17. The van der Waals surface area contributed by atoms with E-state index >= 15 is 0 Å². The number of aromatic nitrogens is 2. The normalized spacial score (nSPS) is 12.0. The van der Waals surface area contributed by atoms with Gasteiger partial charge in [0.05, 0.1) is 11.4 Å². The number of hydrogen-bond acceptors (Lipinski definition) is 4. The van der Waals surface area contributed by atoms with Crippen LogP contribution in [0.1, 0.15) is 11.4 Å². The number of aryl methyl sites for hydroxylation is 2. The zero-order valence-corrected chi connectivity index (χ0v) is 12.6. The van der Waals surface area contributed by atoms with Crippen molar-refractivity contribution in [2.45, 2.75) is 18.4 Å². The molecular weight excluding hydrogens is 276 g/mol. The number of rotatable bonds is 4. The van der Waals surface area contributed by atoms with Crippen LogP contribution in [0.2, 0.25) is 0 Å². The maximum atomic E-state index is 12.5. The van der Waals surface area contributed by atoms with Gasteiger partial charge in [-0.3, -0.25) is 0 Å². The number of nitrogens with two attached hydrogens (primary N) is 1. The Morgan fingerprint density at radius 2 is 2.05 bits per heavy atom. The van der Waals surface area contributed by atoms with Gasteiger partial charge in [-0.05, 0) is 30.7 Å². The summed E-state index contributed by atoms with van der Waals surface area (Å²) in [4.78, 5) is 4.33. The van der Waals surface area contributed by atoms with E-state index in [9.17, 15) is 8.42 Å². The highest BCUT2D eigenvalue weighted by Gasteiger charge is 2.22. The van der Waals surface area contributed by atoms with Crippen molar-refractivity contribution in [3.63, 3.8) is 0 Å². The van der Waals surface area contributed by atoms with Crippen LogP contribution >= 0.6 is 0 Å². The smallest absolute Gasteiger partial charge is 0.243 e. The zero-order valence-electron chi connectivity index (χ0n) is 11.7. The highest BCUT2D eigenvalue weighted by Crippen LogP contribution is 2.20. The van der Waals surface area contributed by atoms with E-state index in [0.717, 1.165) is 5.56 Å². The highest BCUT2D eigenvalue weighted by atomic mass is 32.2. The molecule has 0 saturated carbocycles. The van der Waals surface area contributed by atoms with Crippen LogP contribution in [0.4, 0.5) is 5.69 Å². The molecule has 2 aromatic rings. The third-order valence-electron chi connectivity index (χ3n) is 3.07. The number of benzene rings is 1. The second-order valence-electron chi connectivity index (χ2n) is 4.79. The summed E-state index contributed by atoms with van der Waals surface area (Å²) in [6.45, 7) is 2.02. The average Bonchev–Trinajstić information content (AvgIpc) is 2.73. The van der Waals surface area contributed by atoms with E-state index in [1.165, 1.54) is 17.4 Å². The van der Waals surface area contributed by atoms with Gasteiger partial charge in [-0.2, -0.15) is 4.31 Å². The van der Waals surface area contributed by atoms with Gasteiger partial charge in [-0.1, -0.05) is 0 Å².